The van der Waals surface area contributed by atoms with Crippen LogP contribution in [0.5, 0.6) is 0 Å². The molecule has 2 aromatic carbocycles. The van der Waals surface area contributed by atoms with Crippen molar-refractivity contribution in [1.29, 1.82) is 0 Å². The zero-order valence-electron chi connectivity index (χ0n) is 18.3. The number of aliphatic hydroxyl groups is 1. The first-order valence-electron chi connectivity index (χ1n) is 10.2. The molecule has 0 saturated heterocycles. The monoisotopic (exact) mass is 482 g/mol. The van der Waals surface area contributed by atoms with Crippen LogP contribution in [0.25, 0.3) is 0 Å². The normalized spacial score (nSPS) is 12.9. The first-order chi connectivity index (χ1) is 16.1. The summed E-state index contributed by atoms with van der Waals surface area (Å²) in [6.07, 6.45) is -7.37. The van der Waals surface area contributed by atoms with Crippen LogP contribution in [0.1, 0.15) is 23.1 Å². The van der Waals surface area contributed by atoms with Gasteiger partial charge in [-0.1, -0.05) is 48.5 Å². The number of rotatable bonds is 10. The third kappa shape index (κ3) is 9.10. The first-order valence-corrected chi connectivity index (χ1v) is 10.2. The van der Waals surface area contributed by atoms with Crippen molar-refractivity contribution in [3.8, 4) is 0 Å². The SMILES string of the molecule is COC(=O)[C@@H](Cc1cccc(C(F)(F)F)c1)NC(=O)C[C@@H](O)CNC(=O)OCc1ccccc1. The van der Waals surface area contributed by atoms with Crippen molar-refractivity contribution in [3.63, 3.8) is 0 Å². The van der Waals surface area contributed by atoms with Crippen LogP contribution in [0.3, 0.4) is 0 Å². The number of benzene rings is 2. The van der Waals surface area contributed by atoms with E-state index in [1.54, 1.807) is 24.3 Å². The van der Waals surface area contributed by atoms with E-state index < -0.39 is 48.3 Å². The van der Waals surface area contributed by atoms with Crippen LogP contribution in [0.4, 0.5) is 18.0 Å². The number of halogens is 3. The maximum atomic E-state index is 12.9. The number of esters is 1. The van der Waals surface area contributed by atoms with Crippen molar-refractivity contribution in [2.75, 3.05) is 13.7 Å². The van der Waals surface area contributed by atoms with Crippen LogP contribution in [-0.4, -0.2) is 48.9 Å². The maximum absolute atomic E-state index is 12.9. The van der Waals surface area contributed by atoms with E-state index in [9.17, 15) is 32.7 Å². The minimum atomic E-state index is -4.56. The summed E-state index contributed by atoms with van der Waals surface area (Å²) < 4.78 is 48.4. The number of alkyl halides is 3. The standard InChI is InChI=1S/C23H25F3N2O6/c1-33-21(31)19(11-16-8-5-9-17(10-16)23(24,25)26)28-20(30)12-18(29)13-27-22(32)34-14-15-6-3-2-4-7-15/h2-10,18-19,29H,11-14H2,1H3,(H,27,32)(H,28,30)/t18-,19-/m1/s1. The molecule has 0 spiro atoms. The summed E-state index contributed by atoms with van der Waals surface area (Å²) in [5, 5.41) is 14.7. The Morgan fingerprint density at radius 2 is 1.71 bits per heavy atom. The highest BCUT2D eigenvalue weighted by Gasteiger charge is 2.31. The summed E-state index contributed by atoms with van der Waals surface area (Å²) in [6, 6.07) is 12.0. The maximum Gasteiger partial charge on any atom is 0.416 e. The van der Waals surface area contributed by atoms with Crippen molar-refractivity contribution in [2.24, 2.45) is 0 Å². The smallest absolute Gasteiger partial charge is 0.416 e. The minimum Gasteiger partial charge on any atom is -0.467 e. The largest absolute Gasteiger partial charge is 0.467 e. The van der Waals surface area contributed by atoms with Gasteiger partial charge in [-0.2, -0.15) is 13.2 Å². The van der Waals surface area contributed by atoms with Gasteiger partial charge in [0.15, 0.2) is 0 Å². The Morgan fingerprint density at radius 3 is 2.35 bits per heavy atom. The highest BCUT2D eigenvalue weighted by atomic mass is 19.4. The number of hydrogen-bond acceptors (Lipinski definition) is 6. The second kappa shape index (κ2) is 12.6. The van der Waals surface area contributed by atoms with Crippen molar-refractivity contribution < 1.29 is 42.1 Å². The minimum absolute atomic E-state index is 0.0274. The Hall–Kier alpha value is -3.60. The number of alkyl carbamates (subject to hydrolysis) is 1. The van der Waals surface area contributed by atoms with E-state index >= 15 is 0 Å². The van der Waals surface area contributed by atoms with Crippen LogP contribution < -0.4 is 10.6 Å². The third-order valence-electron chi connectivity index (χ3n) is 4.63. The molecule has 0 unspecified atom stereocenters. The Balaban J connectivity index is 1.84. The van der Waals surface area contributed by atoms with Gasteiger partial charge in [0.25, 0.3) is 0 Å². The van der Waals surface area contributed by atoms with Crippen molar-refractivity contribution in [3.05, 3.63) is 71.3 Å². The molecule has 0 aliphatic carbocycles. The number of amides is 2. The highest BCUT2D eigenvalue weighted by Crippen LogP contribution is 2.29. The fourth-order valence-electron chi connectivity index (χ4n) is 2.96. The summed E-state index contributed by atoms with van der Waals surface area (Å²) in [7, 11) is 1.08. The number of aliphatic hydroxyl groups excluding tert-OH is 1. The molecule has 11 heteroatoms. The first kappa shape index (κ1) is 26.7. The van der Waals surface area contributed by atoms with Gasteiger partial charge in [-0.3, -0.25) is 4.79 Å². The Bertz CT molecular complexity index is 969. The van der Waals surface area contributed by atoms with E-state index in [1.165, 1.54) is 12.1 Å². The zero-order chi connectivity index (χ0) is 25.1. The lowest BCUT2D eigenvalue weighted by Crippen LogP contribution is -2.45. The predicted octanol–water partition coefficient (Wildman–Crippen LogP) is 2.58. The summed E-state index contributed by atoms with van der Waals surface area (Å²) >= 11 is 0. The number of nitrogens with one attached hydrogen (secondary N) is 2. The molecule has 0 aliphatic heterocycles. The van der Waals surface area contributed by atoms with Crippen LogP contribution >= 0.6 is 0 Å². The van der Waals surface area contributed by atoms with Crippen LogP contribution in [0, 0.1) is 0 Å². The molecule has 2 amide bonds. The molecule has 34 heavy (non-hydrogen) atoms. The zero-order valence-corrected chi connectivity index (χ0v) is 18.3. The number of carbonyl (C=O) groups excluding carboxylic acids is 3. The van der Waals surface area contributed by atoms with Gasteiger partial charge in [-0.25, -0.2) is 9.59 Å². The molecular weight excluding hydrogens is 457 g/mol. The van der Waals surface area contributed by atoms with Crippen molar-refractivity contribution in [1.82, 2.24) is 10.6 Å². The van der Waals surface area contributed by atoms with Crippen molar-refractivity contribution in [2.45, 2.75) is 37.8 Å². The molecule has 0 bridgehead atoms. The van der Waals surface area contributed by atoms with Gasteiger partial charge < -0.3 is 25.2 Å². The molecule has 0 aliphatic rings. The van der Waals surface area contributed by atoms with Gasteiger partial charge in [0.1, 0.15) is 12.6 Å². The second-order valence-electron chi connectivity index (χ2n) is 7.35. The number of carbonyl (C=O) groups is 3. The molecular formula is C23H25F3N2O6. The summed E-state index contributed by atoms with van der Waals surface area (Å²) in [4.78, 5) is 36.0. The second-order valence-corrected chi connectivity index (χ2v) is 7.35. The molecule has 0 aromatic heterocycles. The lowest BCUT2D eigenvalue weighted by Gasteiger charge is -2.19. The van der Waals surface area contributed by atoms with Gasteiger partial charge in [-0.15, -0.1) is 0 Å². The van der Waals surface area contributed by atoms with Gasteiger partial charge in [0.2, 0.25) is 5.91 Å². The number of ether oxygens (including phenoxy) is 2. The topological polar surface area (TPSA) is 114 Å². The fraction of sp³-hybridized carbons (Fsp3) is 0.348. The molecule has 0 saturated carbocycles. The lowest BCUT2D eigenvalue weighted by atomic mass is 10.0. The molecule has 0 fully saturated rings. The van der Waals surface area contributed by atoms with E-state index in [1.807, 2.05) is 6.07 Å². The molecule has 8 nitrogen and oxygen atoms in total. The van der Waals surface area contributed by atoms with E-state index in [2.05, 4.69) is 15.4 Å². The highest BCUT2D eigenvalue weighted by molar-refractivity contribution is 5.85. The van der Waals surface area contributed by atoms with Gasteiger partial charge in [-0.05, 0) is 17.2 Å². The van der Waals surface area contributed by atoms with E-state index in [0.717, 1.165) is 24.8 Å². The Morgan fingerprint density at radius 1 is 1.03 bits per heavy atom. The molecule has 184 valence electrons. The summed E-state index contributed by atoms with van der Waals surface area (Å²) in [6.45, 7) is -0.267. The van der Waals surface area contributed by atoms with E-state index in [4.69, 9.17) is 4.74 Å². The molecule has 2 aromatic rings. The quantitative estimate of drug-likeness (QED) is 0.449. The number of methoxy groups -OCH3 is 1. The Kier molecular flexibility index (Phi) is 9.87. The fourth-order valence-corrected chi connectivity index (χ4v) is 2.96. The molecule has 0 radical (unpaired) electrons. The molecule has 0 heterocycles. The Labute approximate surface area is 194 Å². The van der Waals surface area contributed by atoms with Gasteiger partial charge >= 0.3 is 18.2 Å². The molecule has 3 N–H and O–H groups in total. The lowest BCUT2D eigenvalue weighted by molar-refractivity contribution is -0.145. The van der Waals surface area contributed by atoms with Gasteiger partial charge in [0, 0.05) is 13.0 Å². The van der Waals surface area contributed by atoms with Crippen LogP contribution in [-0.2, 0) is 38.3 Å². The average Bonchev–Trinajstić information content (AvgIpc) is 2.80. The number of hydrogen-bond donors (Lipinski definition) is 3. The summed E-state index contributed by atoms with van der Waals surface area (Å²) in [5.74, 6) is -1.61. The average molecular weight is 482 g/mol. The van der Waals surface area contributed by atoms with Crippen molar-refractivity contribution >= 4 is 18.0 Å². The summed E-state index contributed by atoms with van der Waals surface area (Å²) in [5.41, 5.74) is 0.0432. The van der Waals surface area contributed by atoms with Gasteiger partial charge in [0.05, 0.1) is 25.2 Å². The predicted molar refractivity (Wildman–Crippen MR) is 114 cm³/mol. The third-order valence-corrected chi connectivity index (χ3v) is 4.63. The van der Waals surface area contributed by atoms with Crippen LogP contribution in [0.15, 0.2) is 54.6 Å². The molecule has 2 rings (SSSR count). The van der Waals surface area contributed by atoms with Crippen LogP contribution in [0.2, 0.25) is 0 Å². The molecule has 2 atom stereocenters. The van der Waals surface area contributed by atoms with E-state index in [0.29, 0.717) is 0 Å². The van der Waals surface area contributed by atoms with E-state index in [-0.39, 0.29) is 25.1 Å².